The van der Waals surface area contributed by atoms with Crippen molar-refractivity contribution >= 4 is 27.5 Å². The van der Waals surface area contributed by atoms with Crippen molar-refractivity contribution in [2.75, 3.05) is 0 Å². The summed E-state index contributed by atoms with van der Waals surface area (Å²) in [7, 11) is 0. The summed E-state index contributed by atoms with van der Waals surface area (Å²) < 4.78 is 5.72. The number of carbonyl (C=O) groups excluding carboxylic acids is 1. The summed E-state index contributed by atoms with van der Waals surface area (Å²) in [6.07, 6.45) is -0.256. The second-order valence-corrected chi connectivity index (χ2v) is 7.97. The zero-order valence-electron chi connectivity index (χ0n) is 15.7. The molecule has 0 aromatic heterocycles. The summed E-state index contributed by atoms with van der Waals surface area (Å²) in [4.78, 5) is 12.4. The van der Waals surface area contributed by atoms with E-state index in [9.17, 15) is 4.79 Å². The molecule has 0 aliphatic carbocycles. The SMILES string of the molecule is CC(OC(=O)C(C)C(C)(C)C)c1ccc2cc3ccccc3cc2c1. The summed E-state index contributed by atoms with van der Waals surface area (Å²) >= 11 is 0. The van der Waals surface area contributed by atoms with Gasteiger partial charge >= 0.3 is 5.97 Å². The molecule has 0 spiro atoms. The van der Waals surface area contributed by atoms with E-state index in [4.69, 9.17) is 4.74 Å². The Bertz CT molecular complexity index is 918. The Hall–Kier alpha value is -2.35. The molecule has 0 fully saturated rings. The van der Waals surface area contributed by atoms with Crippen LogP contribution in [0.15, 0.2) is 54.6 Å². The first kappa shape index (κ1) is 17.5. The van der Waals surface area contributed by atoms with Crippen LogP contribution >= 0.6 is 0 Å². The average molecular weight is 334 g/mol. The van der Waals surface area contributed by atoms with Crippen molar-refractivity contribution in [1.82, 2.24) is 0 Å². The predicted octanol–water partition coefficient (Wildman–Crippen LogP) is 6.28. The molecule has 0 aliphatic rings. The van der Waals surface area contributed by atoms with Crippen LogP contribution in [-0.4, -0.2) is 5.97 Å². The third-order valence-electron chi connectivity index (χ3n) is 5.14. The largest absolute Gasteiger partial charge is 0.458 e. The minimum absolute atomic E-state index is 0.0981. The molecule has 25 heavy (non-hydrogen) atoms. The van der Waals surface area contributed by atoms with Gasteiger partial charge in [-0.05, 0) is 57.6 Å². The Morgan fingerprint density at radius 1 is 0.840 bits per heavy atom. The van der Waals surface area contributed by atoms with Gasteiger partial charge in [-0.2, -0.15) is 0 Å². The highest BCUT2D eigenvalue weighted by atomic mass is 16.5. The van der Waals surface area contributed by atoms with Crippen LogP contribution < -0.4 is 0 Å². The number of ether oxygens (including phenoxy) is 1. The van der Waals surface area contributed by atoms with Crippen molar-refractivity contribution < 1.29 is 9.53 Å². The summed E-state index contributed by atoms with van der Waals surface area (Å²) in [6, 6.07) is 19.0. The van der Waals surface area contributed by atoms with Crippen LogP contribution in [0.25, 0.3) is 21.5 Å². The topological polar surface area (TPSA) is 26.3 Å². The average Bonchev–Trinajstić information content (AvgIpc) is 2.57. The van der Waals surface area contributed by atoms with E-state index in [2.05, 4.69) is 75.4 Å². The second kappa shape index (κ2) is 6.51. The molecule has 0 radical (unpaired) electrons. The highest BCUT2D eigenvalue weighted by molar-refractivity contribution is 5.98. The van der Waals surface area contributed by atoms with Gasteiger partial charge < -0.3 is 4.74 Å². The lowest BCUT2D eigenvalue weighted by molar-refractivity contribution is -0.156. The third-order valence-corrected chi connectivity index (χ3v) is 5.14. The molecule has 130 valence electrons. The number of hydrogen-bond acceptors (Lipinski definition) is 2. The predicted molar refractivity (Wildman–Crippen MR) is 105 cm³/mol. The highest BCUT2D eigenvalue weighted by Gasteiger charge is 2.29. The highest BCUT2D eigenvalue weighted by Crippen LogP contribution is 2.30. The Morgan fingerprint density at radius 3 is 2.00 bits per heavy atom. The molecule has 2 nitrogen and oxygen atoms in total. The van der Waals surface area contributed by atoms with E-state index in [1.165, 1.54) is 21.5 Å². The van der Waals surface area contributed by atoms with Crippen LogP contribution in [0.4, 0.5) is 0 Å². The van der Waals surface area contributed by atoms with Gasteiger partial charge in [0.25, 0.3) is 0 Å². The third kappa shape index (κ3) is 3.68. The monoisotopic (exact) mass is 334 g/mol. The number of esters is 1. The van der Waals surface area contributed by atoms with Crippen LogP contribution in [0, 0.1) is 11.3 Å². The van der Waals surface area contributed by atoms with Crippen LogP contribution in [-0.2, 0) is 9.53 Å². The number of hydrogen-bond donors (Lipinski definition) is 0. The van der Waals surface area contributed by atoms with Crippen LogP contribution in [0.5, 0.6) is 0 Å². The Morgan fingerprint density at radius 2 is 1.40 bits per heavy atom. The van der Waals surface area contributed by atoms with Crippen LogP contribution in [0.1, 0.15) is 46.3 Å². The van der Waals surface area contributed by atoms with Crippen molar-refractivity contribution in [3.8, 4) is 0 Å². The molecule has 0 aliphatic heterocycles. The van der Waals surface area contributed by atoms with Gasteiger partial charge in [0.05, 0.1) is 5.92 Å². The van der Waals surface area contributed by atoms with Crippen LogP contribution in [0.2, 0.25) is 0 Å². The number of benzene rings is 3. The smallest absolute Gasteiger partial charge is 0.309 e. The van der Waals surface area contributed by atoms with E-state index in [-0.39, 0.29) is 23.4 Å². The van der Waals surface area contributed by atoms with Gasteiger partial charge in [-0.3, -0.25) is 4.79 Å². The first-order valence-corrected chi connectivity index (χ1v) is 8.88. The molecule has 2 atom stereocenters. The maximum atomic E-state index is 12.4. The zero-order valence-corrected chi connectivity index (χ0v) is 15.7. The summed E-state index contributed by atoms with van der Waals surface area (Å²) in [6.45, 7) is 10.1. The summed E-state index contributed by atoms with van der Waals surface area (Å²) in [5.41, 5.74) is 0.927. The maximum absolute atomic E-state index is 12.4. The fourth-order valence-corrected chi connectivity index (χ4v) is 2.91. The molecule has 0 saturated heterocycles. The normalized spacial score (nSPS) is 14.4. The molecular weight excluding hydrogens is 308 g/mol. The molecule has 0 amide bonds. The molecule has 0 bridgehead atoms. The summed E-state index contributed by atoms with van der Waals surface area (Å²) in [5, 5.41) is 4.83. The molecule has 0 heterocycles. The first-order chi connectivity index (χ1) is 11.8. The van der Waals surface area contributed by atoms with Gasteiger partial charge in [0, 0.05) is 0 Å². The van der Waals surface area contributed by atoms with Crippen LogP contribution in [0.3, 0.4) is 0 Å². The van der Waals surface area contributed by atoms with Crippen molar-refractivity contribution in [3.05, 3.63) is 60.2 Å². The van der Waals surface area contributed by atoms with Crippen molar-refractivity contribution in [2.45, 2.75) is 40.7 Å². The lowest BCUT2D eigenvalue weighted by Crippen LogP contribution is -2.28. The molecule has 3 rings (SSSR count). The Kier molecular flexibility index (Phi) is 4.55. The Labute approximate surface area is 149 Å². The fraction of sp³-hybridized carbons (Fsp3) is 0.348. The van der Waals surface area contributed by atoms with Gasteiger partial charge in [0.1, 0.15) is 6.10 Å². The second-order valence-electron chi connectivity index (χ2n) is 7.97. The lowest BCUT2D eigenvalue weighted by atomic mass is 9.82. The number of fused-ring (bicyclic) bond motifs is 2. The molecule has 0 saturated carbocycles. The quantitative estimate of drug-likeness (QED) is 0.416. The minimum atomic E-state index is -0.256. The van der Waals surface area contributed by atoms with E-state index < -0.39 is 0 Å². The van der Waals surface area contributed by atoms with Crippen molar-refractivity contribution in [2.24, 2.45) is 11.3 Å². The molecular formula is C23H26O2. The number of rotatable bonds is 3. The molecule has 3 aromatic rings. The van der Waals surface area contributed by atoms with Gasteiger partial charge in [-0.1, -0.05) is 64.1 Å². The standard InChI is InChI=1S/C23H26O2/c1-15(23(3,4)5)22(24)25-16(2)17-10-11-20-13-18-8-6-7-9-19(18)14-21(20)12-17/h6-16H,1-5H3. The number of carbonyl (C=O) groups is 1. The zero-order chi connectivity index (χ0) is 18.2. The van der Waals surface area contributed by atoms with E-state index in [0.29, 0.717) is 0 Å². The van der Waals surface area contributed by atoms with Gasteiger partial charge in [-0.15, -0.1) is 0 Å². The van der Waals surface area contributed by atoms with E-state index >= 15 is 0 Å². The molecule has 2 heteroatoms. The maximum Gasteiger partial charge on any atom is 0.309 e. The van der Waals surface area contributed by atoms with Gasteiger partial charge in [0.2, 0.25) is 0 Å². The van der Waals surface area contributed by atoms with Gasteiger partial charge in [-0.25, -0.2) is 0 Å². The Balaban J connectivity index is 1.88. The first-order valence-electron chi connectivity index (χ1n) is 8.88. The van der Waals surface area contributed by atoms with Gasteiger partial charge in [0.15, 0.2) is 0 Å². The summed E-state index contributed by atoms with van der Waals surface area (Å²) in [5.74, 6) is -0.280. The lowest BCUT2D eigenvalue weighted by Gasteiger charge is -2.27. The fourth-order valence-electron chi connectivity index (χ4n) is 2.91. The van der Waals surface area contributed by atoms with Crippen molar-refractivity contribution in [1.29, 1.82) is 0 Å². The minimum Gasteiger partial charge on any atom is -0.458 e. The molecule has 3 aromatic carbocycles. The van der Waals surface area contributed by atoms with E-state index in [0.717, 1.165) is 5.56 Å². The van der Waals surface area contributed by atoms with E-state index in [1.807, 2.05) is 13.8 Å². The van der Waals surface area contributed by atoms with Crippen molar-refractivity contribution in [3.63, 3.8) is 0 Å². The molecule has 2 unspecified atom stereocenters. The van der Waals surface area contributed by atoms with E-state index in [1.54, 1.807) is 0 Å². The molecule has 0 N–H and O–H groups in total.